The Kier molecular flexibility index (Phi) is 4.33. The summed E-state index contributed by atoms with van der Waals surface area (Å²) in [6, 6.07) is 11.3. The van der Waals surface area contributed by atoms with Crippen molar-refractivity contribution >= 4 is 5.91 Å². The first kappa shape index (κ1) is 15.5. The van der Waals surface area contributed by atoms with E-state index in [4.69, 9.17) is 0 Å². The number of phenolic OH excluding ortho intramolecular Hbond substituents is 1. The Hall–Kier alpha value is -2.36. The van der Waals surface area contributed by atoms with Crippen molar-refractivity contribution in [1.29, 1.82) is 0 Å². The smallest absolute Gasteiger partial charge is 0.254 e. The predicted molar refractivity (Wildman–Crippen MR) is 86.9 cm³/mol. The standard InChI is InChI=1S/C19H20FNO2/c1-13-12-15(7-10-18(13)22)19(23)21-11-3-2-4-17(21)14-5-8-16(20)9-6-14/h5-10,12,17,22H,2-4,11H2,1H3/t17-/m0/s1. The third-order valence-corrected chi connectivity index (χ3v) is 4.46. The number of rotatable bonds is 2. The maximum absolute atomic E-state index is 13.2. The van der Waals surface area contributed by atoms with Gasteiger partial charge in [-0.15, -0.1) is 0 Å². The molecule has 23 heavy (non-hydrogen) atoms. The van der Waals surface area contributed by atoms with Gasteiger partial charge in [-0.25, -0.2) is 4.39 Å². The van der Waals surface area contributed by atoms with Crippen molar-refractivity contribution < 1.29 is 14.3 Å². The summed E-state index contributed by atoms with van der Waals surface area (Å²) in [4.78, 5) is 14.7. The van der Waals surface area contributed by atoms with Crippen molar-refractivity contribution in [3.05, 3.63) is 65.0 Å². The molecule has 0 spiro atoms. The van der Waals surface area contributed by atoms with Crippen molar-refractivity contribution in [2.45, 2.75) is 32.2 Å². The minimum Gasteiger partial charge on any atom is -0.508 e. The van der Waals surface area contributed by atoms with Gasteiger partial charge in [-0.05, 0) is 67.6 Å². The fraction of sp³-hybridized carbons (Fsp3) is 0.316. The lowest BCUT2D eigenvalue weighted by Crippen LogP contribution is -2.38. The first-order chi connectivity index (χ1) is 11.1. The number of halogens is 1. The Morgan fingerprint density at radius 3 is 2.61 bits per heavy atom. The van der Waals surface area contributed by atoms with Crippen LogP contribution in [0, 0.1) is 12.7 Å². The number of aryl methyl sites for hydroxylation is 1. The molecule has 2 aromatic rings. The molecule has 1 N–H and O–H groups in total. The number of aromatic hydroxyl groups is 1. The summed E-state index contributed by atoms with van der Waals surface area (Å²) in [6.07, 6.45) is 2.91. The van der Waals surface area contributed by atoms with E-state index >= 15 is 0 Å². The van der Waals surface area contributed by atoms with Gasteiger partial charge in [0.2, 0.25) is 0 Å². The number of carbonyl (C=O) groups excluding carboxylic acids is 1. The zero-order valence-corrected chi connectivity index (χ0v) is 13.1. The summed E-state index contributed by atoms with van der Waals surface area (Å²) in [5.74, 6) is -0.117. The number of hydrogen-bond donors (Lipinski definition) is 1. The molecule has 0 bridgehead atoms. The van der Waals surface area contributed by atoms with E-state index < -0.39 is 0 Å². The molecule has 1 atom stereocenters. The minimum atomic E-state index is -0.267. The molecular formula is C19H20FNO2. The number of piperidine rings is 1. The lowest BCUT2D eigenvalue weighted by molar-refractivity contribution is 0.0611. The summed E-state index contributed by atoms with van der Waals surface area (Å²) in [5, 5.41) is 9.63. The quantitative estimate of drug-likeness (QED) is 0.902. The zero-order valence-electron chi connectivity index (χ0n) is 13.1. The highest BCUT2D eigenvalue weighted by Gasteiger charge is 2.28. The van der Waals surface area contributed by atoms with E-state index in [1.165, 1.54) is 12.1 Å². The van der Waals surface area contributed by atoms with Crippen LogP contribution >= 0.6 is 0 Å². The molecule has 0 radical (unpaired) electrons. The molecule has 1 heterocycles. The number of nitrogens with zero attached hydrogens (tertiary/aromatic N) is 1. The van der Waals surface area contributed by atoms with E-state index in [1.54, 1.807) is 37.3 Å². The highest BCUT2D eigenvalue weighted by molar-refractivity contribution is 5.95. The Morgan fingerprint density at radius 2 is 1.91 bits per heavy atom. The highest BCUT2D eigenvalue weighted by Crippen LogP contribution is 2.32. The largest absolute Gasteiger partial charge is 0.508 e. The number of benzene rings is 2. The maximum atomic E-state index is 13.2. The van der Waals surface area contributed by atoms with Crippen molar-refractivity contribution in [3.8, 4) is 5.75 Å². The predicted octanol–water partition coefficient (Wildman–Crippen LogP) is 4.21. The Labute approximate surface area is 135 Å². The SMILES string of the molecule is Cc1cc(C(=O)N2CCCC[C@H]2c2ccc(F)cc2)ccc1O. The average Bonchev–Trinajstić information content (AvgIpc) is 2.57. The van der Waals surface area contributed by atoms with Crippen LogP contribution in [-0.2, 0) is 0 Å². The van der Waals surface area contributed by atoms with Gasteiger partial charge in [0.05, 0.1) is 6.04 Å². The number of hydrogen-bond acceptors (Lipinski definition) is 2. The van der Waals surface area contributed by atoms with Crippen LogP contribution in [0.2, 0.25) is 0 Å². The summed E-state index contributed by atoms with van der Waals surface area (Å²) >= 11 is 0. The Balaban J connectivity index is 1.89. The molecule has 4 heteroatoms. The van der Waals surface area contributed by atoms with Gasteiger partial charge < -0.3 is 10.0 Å². The molecule has 1 saturated heterocycles. The van der Waals surface area contributed by atoms with Gasteiger partial charge in [0.1, 0.15) is 11.6 Å². The van der Waals surface area contributed by atoms with Gasteiger partial charge in [0.25, 0.3) is 5.91 Å². The molecule has 0 saturated carbocycles. The Bertz CT molecular complexity index is 712. The van der Waals surface area contributed by atoms with Crippen LogP contribution < -0.4 is 0 Å². The van der Waals surface area contributed by atoms with Gasteiger partial charge >= 0.3 is 0 Å². The van der Waals surface area contributed by atoms with Gasteiger partial charge in [-0.3, -0.25) is 4.79 Å². The van der Waals surface area contributed by atoms with Crippen LogP contribution in [-0.4, -0.2) is 22.5 Å². The second kappa shape index (κ2) is 6.41. The summed E-state index contributed by atoms with van der Waals surface area (Å²) in [6.45, 7) is 2.47. The first-order valence-electron chi connectivity index (χ1n) is 7.92. The number of phenols is 1. The van der Waals surface area contributed by atoms with Gasteiger partial charge in [0.15, 0.2) is 0 Å². The van der Waals surface area contributed by atoms with E-state index in [9.17, 15) is 14.3 Å². The van der Waals surface area contributed by atoms with E-state index in [0.29, 0.717) is 17.7 Å². The van der Waals surface area contributed by atoms with Crippen LogP contribution in [0.4, 0.5) is 4.39 Å². The molecule has 3 rings (SSSR count). The van der Waals surface area contributed by atoms with Crippen LogP contribution in [0.3, 0.4) is 0 Å². The Morgan fingerprint density at radius 1 is 1.17 bits per heavy atom. The van der Waals surface area contributed by atoms with Crippen LogP contribution in [0.15, 0.2) is 42.5 Å². The molecule has 0 aromatic heterocycles. The summed E-state index contributed by atoms with van der Waals surface area (Å²) < 4.78 is 13.2. The van der Waals surface area contributed by atoms with Crippen LogP contribution in [0.1, 0.15) is 46.8 Å². The maximum Gasteiger partial charge on any atom is 0.254 e. The van der Waals surface area contributed by atoms with E-state index in [0.717, 1.165) is 24.8 Å². The lowest BCUT2D eigenvalue weighted by Gasteiger charge is -2.36. The first-order valence-corrected chi connectivity index (χ1v) is 7.92. The topological polar surface area (TPSA) is 40.5 Å². The lowest BCUT2D eigenvalue weighted by atomic mass is 9.94. The van der Waals surface area contributed by atoms with E-state index in [1.807, 2.05) is 4.90 Å². The fourth-order valence-electron chi connectivity index (χ4n) is 3.16. The number of amides is 1. The molecule has 120 valence electrons. The molecule has 1 aliphatic rings. The third kappa shape index (κ3) is 3.21. The molecule has 1 amide bonds. The zero-order chi connectivity index (χ0) is 16.4. The van der Waals surface area contributed by atoms with Crippen LogP contribution in [0.25, 0.3) is 0 Å². The highest BCUT2D eigenvalue weighted by atomic mass is 19.1. The normalized spacial score (nSPS) is 18.0. The molecule has 0 unspecified atom stereocenters. The van der Waals surface area contributed by atoms with Crippen molar-refractivity contribution in [1.82, 2.24) is 4.90 Å². The number of carbonyl (C=O) groups is 1. The molecule has 3 nitrogen and oxygen atoms in total. The fourth-order valence-corrected chi connectivity index (χ4v) is 3.16. The minimum absolute atomic E-state index is 0.0223. The average molecular weight is 313 g/mol. The molecule has 0 aliphatic carbocycles. The van der Waals surface area contributed by atoms with Crippen molar-refractivity contribution in [2.75, 3.05) is 6.54 Å². The summed E-state index contributed by atoms with van der Waals surface area (Å²) in [7, 11) is 0. The van der Waals surface area contributed by atoms with Crippen LogP contribution in [0.5, 0.6) is 5.75 Å². The monoisotopic (exact) mass is 313 g/mol. The van der Waals surface area contributed by atoms with E-state index in [-0.39, 0.29) is 23.5 Å². The van der Waals surface area contributed by atoms with Crippen molar-refractivity contribution in [2.24, 2.45) is 0 Å². The van der Waals surface area contributed by atoms with Crippen molar-refractivity contribution in [3.63, 3.8) is 0 Å². The van der Waals surface area contributed by atoms with Gasteiger partial charge in [-0.2, -0.15) is 0 Å². The molecule has 1 aliphatic heterocycles. The number of likely N-dealkylation sites (tertiary alicyclic amines) is 1. The molecule has 2 aromatic carbocycles. The molecule has 1 fully saturated rings. The third-order valence-electron chi connectivity index (χ3n) is 4.46. The second-order valence-electron chi connectivity index (χ2n) is 6.06. The van der Waals surface area contributed by atoms with Gasteiger partial charge in [0, 0.05) is 12.1 Å². The second-order valence-corrected chi connectivity index (χ2v) is 6.06. The van der Waals surface area contributed by atoms with Gasteiger partial charge in [-0.1, -0.05) is 12.1 Å². The van der Waals surface area contributed by atoms with E-state index in [2.05, 4.69) is 0 Å². The summed E-state index contributed by atoms with van der Waals surface area (Å²) in [5.41, 5.74) is 2.23. The molecular weight excluding hydrogens is 293 g/mol.